The smallest absolute Gasteiger partial charge is 0.338 e. The van der Waals surface area contributed by atoms with Crippen LogP contribution in [0.3, 0.4) is 0 Å². The van der Waals surface area contributed by atoms with E-state index in [1.165, 1.54) is 0 Å². The molecule has 0 N–H and O–H groups in total. The molecular formula is C27H36O6. The second kappa shape index (κ2) is 12.3. The lowest BCUT2D eigenvalue weighted by molar-refractivity contribution is -0.0304. The lowest BCUT2D eigenvalue weighted by atomic mass is 9.73. The summed E-state index contributed by atoms with van der Waals surface area (Å²) in [6.07, 6.45) is 1.70. The Morgan fingerprint density at radius 1 is 0.727 bits per heavy atom. The minimum absolute atomic E-state index is 0.128. The van der Waals surface area contributed by atoms with Crippen molar-refractivity contribution >= 4 is 11.9 Å². The molecule has 0 aromatic heterocycles. The van der Waals surface area contributed by atoms with E-state index < -0.39 is 17.4 Å². The Bertz CT molecular complexity index is 820. The molecule has 6 nitrogen and oxygen atoms in total. The van der Waals surface area contributed by atoms with E-state index in [0.717, 1.165) is 12.8 Å². The summed E-state index contributed by atoms with van der Waals surface area (Å²) in [7, 11) is 3.15. The molecule has 0 amide bonds. The van der Waals surface area contributed by atoms with Crippen molar-refractivity contribution in [3.8, 4) is 11.5 Å². The summed E-state index contributed by atoms with van der Waals surface area (Å²) >= 11 is 0. The van der Waals surface area contributed by atoms with Gasteiger partial charge in [-0.25, -0.2) is 9.59 Å². The summed E-state index contributed by atoms with van der Waals surface area (Å²) in [5.41, 5.74) is 0.411. The maximum Gasteiger partial charge on any atom is 0.338 e. The molecule has 0 aliphatic heterocycles. The number of hydrogen-bond donors (Lipinski definition) is 0. The number of benzene rings is 2. The van der Waals surface area contributed by atoms with Gasteiger partial charge in [-0.1, -0.05) is 34.1 Å². The lowest BCUT2D eigenvalue weighted by Crippen LogP contribution is -2.39. The van der Waals surface area contributed by atoms with E-state index >= 15 is 0 Å². The van der Waals surface area contributed by atoms with E-state index in [-0.39, 0.29) is 19.1 Å². The van der Waals surface area contributed by atoms with Crippen LogP contribution in [0.5, 0.6) is 11.5 Å². The number of ether oxygens (including phenoxy) is 4. The summed E-state index contributed by atoms with van der Waals surface area (Å²) in [5.74, 6) is 1.12. The van der Waals surface area contributed by atoms with E-state index in [1.807, 2.05) is 0 Å². The molecule has 0 fully saturated rings. The Morgan fingerprint density at radius 3 is 1.42 bits per heavy atom. The number of esters is 2. The molecule has 0 atom stereocenters. The molecule has 2 aromatic carbocycles. The highest BCUT2D eigenvalue weighted by molar-refractivity contribution is 5.90. The van der Waals surface area contributed by atoms with Crippen LogP contribution in [0.4, 0.5) is 0 Å². The molecule has 0 bridgehead atoms. The molecule has 2 rings (SSSR count). The van der Waals surface area contributed by atoms with Crippen LogP contribution in [0.25, 0.3) is 0 Å². The first-order chi connectivity index (χ1) is 15.7. The van der Waals surface area contributed by atoms with Gasteiger partial charge in [0.15, 0.2) is 0 Å². The second-order valence-electron chi connectivity index (χ2n) is 9.06. The van der Waals surface area contributed by atoms with E-state index in [9.17, 15) is 9.59 Å². The van der Waals surface area contributed by atoms with Crippen molar-refractivity contribution in [3.05, 3.63) is 59.7 Å². The van der Waals surface area contributed by atoms with Gasteiger partial charge in [0.2, 0.25) is 0 Å². The van der Waals surface area contributed by atoms with Gasteiger partial charge in [0.05, 0.1) is 25.3 Å². The molecule has 0 saturated carbocycles. The second-order valence-corrected chi connectivity index (χ2v) is 9.06. The van der Waals surface area contributed by atoms with Crippen molar-refractivity contribution in [3.63, 3.8) is 0 Å². The SMILES string of the molecule is COc1ccc(C(=O)OCC(CCC(C)C)(COC(=O)c2ccc(OC)cc2)C(C)C)cc1. The standard InChI is InChI=1S/C27H36O6/c1-19(2)15-16-27(20(3)4,17-32-25(28)21-7-11-23(30-5)12-8-21)18-33-26(29)22-9-13-24(31-6)14-10-22/h7-14,19-20H,15-18H2,1-6H3. The number of methoxy groups -OCH3 is 2. The Hall–Kier alpha value is -3.02. The summed E-state index contributed by atoms with van der Waals surface area (Å²) in [6, 6.07) is 13.6. The third-order valence-corrected chi connectivity index (χ3v) is 6.08. The molecule has 0 unspecified atom stereocenters. The molecule has 0 saturated heterocycles. The normalized spacial score (nSPS) is 11.4. The molecule has 0 heterocycles. The van der Waals surface area contributed by atoms with Gasteiger partial charge in [-0.2, -0.15) is 0 Å². The molecule has 6 heteroatoms. The van der Waals surface area contributed by atoms with Gasteiger partial charge in [0, 0.05) is 5.41 Å². The largest absolute Gasteiger partial charge is 0.497 e. The van der Waals surface area contributed by atoms with Crippen LogP contribution in [0.1, 0.15) is 61.3 Å². The fourth-order valence-corrected chi connectivity index (χ4v) is 3.42. The topological polar surface area (TPSA) is 71.1 Å². The maximum atomic E-state index is 12.7. The van der Waals surface area contributed by atoms with Crippen molar-refractivity contribution in [2.45, 2.75) is 40.5 Å². The van der Waals surface area contributed by atoms with Gasteiger partial charge in [-0.3, -0.25) is 0 Å². The monoisotopic (exact) mass is 456 g/mol. The predicted octanol–water partition coefficient (Wildman–Crippen LogP) is 5.80. The highest BCUT2D eigenvalue weighted by Gasteiger charge is 2.37. The zero-order valence-corrected chi connectivity index (χ0v) is 20.6. The van der Waals surface area contributed by atoms with E-state index in [2.05, 4.69) is 27.7 Å². The molecule has 180 valence electrons. The van der Waals surface area contributed by atoms with Crippen molar-refractivity contribution in [1.82, 2.24) is 0 Å². The molecule has 0 aliphatic rings. The third-order valence-electron chi connectivity index (χ3n) is 6.08. The first-order valence-electron chi connectivity index (χ1n) is 11.3. The molecule has 33 heavy (non-hydrogen) atoms. The third kappa shape index (κ3) is 7.52. The quantitative estimate of drug-likeness (QED) is 0.376. The average Bonchev–Trinajstić information content (AvgIpc) is 2.83. The van der Waals surface area contributed by atoms with Gasteiger partial charge >= 0.3 is 11.9 Å². The van der Waals surface area contributed by atoms with Crippen LogP contribution >= 0.6 is 0 Å². The zero-order valence-electron chi connectivity index (χ0n) is 20.6. The Morgan fingerprint density at radius 2 is 1.12 bits per heavy atom. The highest BCUT2D eigenvalue weighted by Crippen LogP contribution is 2.36. The Balaban J connectivity index is 2.13. The number of carbonyl (C=O) groups excluding carboxylic acids is 2. The van der Waals surface area contributed by atoms with Crippen LogP contribution in [0, 0.1) is 17.3 Å². The highest BCUT2D eigenvalue weighted by atomic mass is 16.5. The number of hydrogen-bond acceptors (Lipinski definition) is 6. The van der Waals surface area contributed by atoms with Gasteiger partial charge in [0.1, 0.15) is 24.7 Å². The fourth-order valence-electron chi connectivity index (χ4n) is 3.42. The van der Waals surface area contributed by atoms with Crippen molar-refractivity contribution < 1.29 is 28.5 Å². The van der Waals surface area contributed by atoms with Crippen molar-refractivity contribution in [2.24, 2.45) is 17.3 Å². The van der Waals surface area contributed by atoms with Crippen LogP contribution in [-0.4, -0.2) is 39.4 Å². The van der Waals surface area contributed by atoms with Gasteiger partial charge in [-0.05, 0) is 66.8 Å². The minimum atomic E-state index is -0.492. The van der Waals surface area contributed by atoms with Crippen molar-refractivity contribution in [1.29, 1.82) is 0 Å². The maximum absolute atomic E-state index is 12.7. The van der Waals surface area contributed by atoms with Gasteiger partial charge < -0.3 is 18.9 Å². The van der Waals surface area contributed by atoms with Crippen LogP contribution < -0.4 is 9.47 Å². The van der Waals surface area contributed by atoms with E-state index in [0.29, 0.717) is 28.5 Å². The minimum Gasteiger partial charge on any atom is -0.497 e. The summed E-state index contributed by atoms with van der Waals surface area (Å²) in [6.45, 7) is 8.78. The molecular weight excluding hydrogens is 420 g/mol. The first-order valence-corrected chi connectivity index (χ1v) is 11.3. The average molecular weight is 457 g/mol. The summed E-state index contributed by atoms with van der Waals surface area (Å²) in [5, 5.41) is 0. The molecule has 2 aromatic rings. The number of rotatable bonds is 12. The predicted molar refractivity (Wildman–Crippen MR) is 128 cm³/mol. The van der Waals surface area contributed by atoms with Gasteiger partial charge in [0.25, 0.3) is 0 Å². The lowest BCUT2D eigenvalue weighted by Gasteiger charge is -2.37. The van der Waals surface area contributed by atoms with E-state index in [1.54, 1.807) is 62.8 Å². The van der Waals surface area contributed by atoms with Gasteiger partial charge in [-0.15, -0.1) is 0 Å². The molecule has 0 aliphatic carbocycles. The Kier molecular flexibility index (Phi) is 9.76. The number of carbonyl (C=O) groups is 2. The van der Waals surface area contributed by atoms with Crippen LogP contribution in [-0.2, 0) is 9.47 Å². The van der Waals surface area contributed by atoms with Crippen LogP contribution in [0.2, 0.25) is 0 Å². The molecule has 0 radical (unpaired) electrons. The fraction of sp³-hybridized carbons (Fsp3) is 0.481. The Labute approximate surface area is 197 Å². The summed E-state index contributed by atoms with van der Waals surface area (Å²) < 4.78 is 21.8. The van der Waals surface area contributed by atoms with Crippen LogP contribution in [0.15, 0.2) is 48.5 Å². The zero-order chi connectivity index (χ0) is 24.4. The van der Waals surface area contributed by atoms with Crippen molar-refractivity contribution in [2.75, 3.05) is 27.4 Å². The first kappa shape index (κ1) is 26.2. The summed E-state index contributed by atoms with van der Waals surface area (Å²) in [4.78, 5) is 25.4. The van der Waals surface area contributed by atoms with E-state index in [4.69, 9.17) is 18.9 Å². The molecule has 0 spiro atoms.